The quantitative estimate of drug-likeness (QED) is 0.815. The Bertz CT molecular complexity index is 569. The van der Waals surface area contributed by atoms with E-state index >= 15 is 0 Å². The van der Waals surface area contributed by atoms with E-state index in [1.54, 1.807) is 6.92 Å². The Hall–Kier alpha value is -1.18. The van der Waals surface area contributed by atoms with Gasteiger partial charge in [-0.3, -0.25) is 0 Å². The molecular weight excluding hydrogens is 271 g/mol. The van der Waals surface area contributed by atoms with Gasteiger partial charge < -0.3 is 10.5 Å². The third-order valence-electron chi connectivity index (χ3n) is 3.14. The van der Waals surface area contributed by atoms with Gasteiger partial charge in [0.15, 0.2) is 0 Å². The van der Waals surface area contributed by atoms with Crippen LogP contribution >= 0.6 is 0 Å². The largest absolute Gasteiger partial charge is 0.398 e. The van der Waals surface area contributed by atoms with E-state index < -0.39 is 20.7 Å². The van der Waals surface area contributed by atoms with Crippen LogP contribution in [-0.4, -0.2) is 27.7 Å². The molecule has 0 saturated carbocycles. The first kappa shape index (κ1) is 14.2. The van der Waals surface area contributed by atoms with E-state index in [1.807, 2.05) is 0 Å². The van der Waals surface area contributed by atoms with Crippen LogP contribution in [0.15, 0.2) is 17.0 Å². The molecule has 0 bridgehead atoms. The number of nitrogens with one attached hydrogen (secondary N) is 1. The average Bonchev–Trinajstić information content (AvgIpc) is 2.84. The molecule has 19 heavy (non-hydrogen) atoms. The van der Waals surface area contributed by atoms with Crippen LogP contribution in [0.25, 0.3) is 0 Å². The molecule has 0 spiro atoms. The fraction of sp³-hybridized carbons (Fsp3) is 0.500. The van der Waals surface area contributed by atoms with Crippen LogP contribution in [0.1, 0.15) is 18.4 Å². The summed E-state index contributed by atoms with van der Waals surface area (Å²) in [5.41, 5.74) is 6.38. The molecule has 1 aliphatic heterocycles. The molecule has 0 aromatic heterocycles. The zero-order valence-electron chi connectivity index (χ0n) is 10.6. The van der Waals surface area contributed by atoms with Crippen LogP contribution in [0.2, 0.25) is 0 Å². The summed E-state index contributed by atoms with van der Waals surface area (Å²) in [5, 5.41) is 0. The van der Waals surface area contributed by atoms with Crippen LogP contribution in [0, 0.1) is 12.7 Å². The first-order valence-electron chi connectivity index (χ1n) is 6.07. The van der Waals surface area contributed by atoms with Gasteiger partial charge in [-0.2, -0.15) is 0 Å². The van der Waals surface area contributed by atoms with Crippen molar-refractivity contribution in [2.45, 2.75) is 30.8 Å². The molecule has 3 N–H and O–H groups in total. The van der Waals surface area contributed by atoms with Gasteiger partial charge in [-0.25, -0.2) is 17.5 Å². The Morgan fingerprint density at radius 1 is 1.53 bits per heavy atom. The highest BCUT2D eigenvalue weighted by molar-refractivity contribution is 7.89. The molecule has 1 saturated heterocycles. The van der Waals surface area contributed by atoms with Crippen molar-refractivity contribution in [3.8, 4) is 0 Å². The minimum atomic E-state index is -3.90. The number of sulfonamides is 1. The molecule has 1 atom stereocenters. The first-order valence-corrected chi connectivity index (χ1v) is 7.55. The van der Waals surface area contributed by atoms with Crippen molar-refractivity contribution in [1.82, 2.24) is 4.72 Å². The highest BCUT2D eigenvalue weighted by Crippen LogP contribution is 2.21. The maximum atomic E-state index is 13.7. The Labute approximate surface area is 112 Å². The average molecular weight is 288 g/mol. The molecule has 1 unspecified atom stereocenters. The molecule has 0 aliphatic carbocycles. The summed E-state index contributed by atoms with van der Waals surface area (Å²) in [4.78, 5) is -0.423. The number of anilines is 1. The predicted octanol–water partition coefficient (Wildman–Crippen LogP) is 1.17. The van der Waals surface area contributed by atoms with Crippen molar-refractivity contribution in [3.05, 3.63) is 23.5 Å². The van der Waals surface area contributed by atoms with Gasteiger partial charge >= 0.3 is 0 Å². The lowest BCUT2D eigenvalue weighted by atomic mass is 10.2. The maximum absolute atomic E-state index is 13.7. The van der Waals surface area contributed by atoms with Crippen molar-refractivity contribution >= 4 is 15.7 Å². The number of benzene rings is 1. The summed E-state index contributed by atoms with van der Waals surface area (Å²) >= 11 is 0. The summed E-state index contributed by atoms with van der Waals surface area (Å²) in [6.07, 6.45) is 1.58. The molecule has 1 aromatic rings. The Morgan fingerprint density at radius 3 is 2.89 bits per heavy atom. The lowest BCUT2D eigenvalue weighted by molar-refractivity contribution is 0.114. The van der Waals surface area contributed by atoms with E-state index in [2.05, 4.69) is 4.72 Å². The van der Waals surface area contributed by atoms with E-state index in [-0.39, 0.29) is 18.3 Å². The lowest BCUT2D eigenvalue weighted by Crippen LogP contribution is -2.32. The van der Waals surface area contributed by atoms with Crippen LogP contribution in [0.3, 0.4) is 0 Å². The van der Waals surface area contributed by atoms with Gasteiger partial charge in [0.1, 0.15) is 10.7 Å². The first-order chi connectivity index (χ1) is 8.90. The summed E-state index contributed by atoms with van der Waals surface area (Å²) in [7, 11) is -3.90. The van der Waals surface area contributed by atoms with Gasteiger partial charge in [0.25, 0.3) is 0 Å². The van der Waals surface area contributed by atoms with Crippen LogP contribution in [0.5, 0.6) is 0 Å². The number of aryl methyl sites for hydroxylation is 1. The smallest absolute Gasteiger partial charge is 0.243 e. The van der Waals surface area contributed by atoms with Gasteiger partial charge in [-0.05, 0) is 37.5 Å². The number of nitrogen functional groups attached to an aromatic ring is 1. The Kier molecular flexibility index (Phi) is 4.07. The highest BCUT2D eigenvalue weighted by atomic mass is 32.2. The summed E-state index contributed by atoms with van der Waals surface area (Å²) < 4.78 is 45.4. The normalized spacial score (nSPS) is 19.8. The number of nitrogens with two attached hydrogens (primary N) is 1. The zero-order valence-corrected chi connectivity index (χ0v) is 11.5. The van der Waals surface area contributed by atoms with Crippen LogP contribution in [-0.2, 0) is 14.8 Å². The molecule has 0 amide bonds. The summed E-state index contributed by atoms with van der Waals surface area (Å²) in [5.74, 6) is -0.799. The van der Waals surface area contributed by atoms with E-state index in [4.69, 9.17) is 10.5 Å². The molecule has 106 valence electrons. The lowest BCUT2D eigenvalue weighted by Gasteiger charge is -2.12. The van der Waals surface area contributed by atoms with Gasteiger partial charge in [0.05, 0.1) is 6.10 Å². The molecule has 7 heteroatoms. The monoisotopic (exact) mass is 288 g/mol. The minimum absolute atomic E-state index is 0.138. The molecule has 1 aliphatic rings. The Morgan fingerprint density at radius 2 is 2.26 bits per heavy atom. The van der Waals surface area contributed by atoms with Gasteiger partial charge in [-0.15, -0.1) is 0 Å². The molecule has 1 aromatic carbocycles. The third-order valence-corrected chi connectivity index (χ3v) is 4.57. The zero-order chi connectivity index (χ0) is 14.0. The van der Waals surface area contributed by atoms with E-state index in [1.165, 1.54) is 0 Å². The number of ether oxygens (including phenoxy) is 1. The number of hydrogen-bond donors (Lipinski definition) is 2. The van der Waals surface area contributed by atoms with Crippen molar-refractivity contribution in [3.63, 3.8) is 0 Å². The van der Waals surface area contributed by atoms with E-state index in [9.17, 15) is 12.8 Å². The summed E-state index contributed by atoms with van der Waals surface area (Å²) in [6, 6.07) is 2.26. The molecular formula is C12H17FN2O3S. The third kappa shape index (κ3) is 3.23. The number of hydrogen-bond acceptors (Lipinski definition) is 4. The molecule has 5 nitrogen and oxygen atoms in total. The fourth-order valence-electron chi connectivity index (χ4n) is 1.96. The second-order valence-corrected chi connectivity index (χ2v) is 6.36. The van der Waals surface area contributed by atoms with E-state index in [0.717, 1.165) is 25.0 Å². The van der Waals surface area contributed by atoms with Crippen LogP contribution < -0.4 is 10.5 Å². The van der Waals surface area contributed by atoms with Crippen molar-refractivity contribution in [1.29, 1.82) is 0 Å². The predicted molar refractivity (Wildman–Crippen MR) is 69.7 cm³/mol. The minimum Gasteiger partial charge on any atom is -0.398 e. The van der Waals surface area contributed by atoms with Gasteiger partial charge in [-0.1, -0.05) is 0 Å². The van der Waals surface area contributed by atoms with Crippen molar-refractivity contribution < 1.29 is 17.5 Å². The molecule has 0 radical (unpaired) electrons. The maximum Gasteiger partial charge on any atom is 0.243 e. The van der Waals surface area contributed by atoms with E-state index in [0.29, 0.717) is 12.2 Å². The van der Waals surface area contributed by atoms with Crippen molar-refractivity contribution in [2.75, 3.05) is 18.9 Å². The summed E-state index contributed by atoms with van der Waals surface area (Å²) in [6.45, 7) is 2.41. The Balaban J connectivity index is 2.16. The van der Waals surface area contributed by atoms with Crippen molar-refractivity contribution in [2.24, 2.45) is 0 Å². The standard InChI is InChI=1S/C12H17FN2O3S/c1-8-5-10(13)12(6-11(8)14)19(16,17)15-7-9-3-2-4-18-9/h5-6,9,15H,2-4,7,14H2,1H3. The molecule has 2 rings (SSSR count). The number of halogens is 1. The van der Waals surface area contributed by atoms with Crippen LogP contribution in [0.4, 0.5) is 10.1 Å². The van der Waals surface area contributed by atoms with Gasteiger partial charge in [0.2, 0.25) is 10.0 Å². The number of rotatable bonds is 4. The second kappa shape index (κ2) is 5.44. The fourth-order valence-corrected chi connectivity index (χ4v) is 3.12. The topological polar surface area (TPSA) is 81.4 Å². The van der Waals surface area contributed by atoms with Gasteiger partial charge in [0, 0.05) is 18.8 Å². The second-order valence-electron chi connectivity index (χ2n) is 4.63. The SMILES string of the molecule is Cc1cc(F)c(S(=O)(=O)NCC2CCCO2)cc1N. The molecule has 1 heterocycles. The molecule has 1 fully saturated rings. The highest BCUT2D eigenvalue weighted by Gasteiger charge is 2.23.